The summed E-state index contributed by atoms with van der Waals surface area (Å²) in [5.41, 5.74) is 1.94. The normalized spacial score (nSPS) is 10.3. The molecule has 0 aliphatic heterocycles. The van der Waals surface area contributed by atoms with E-state index in [4.69, 9.17) is 21.5 Å². The Labute approximate surface area is 253 Å². The van der Waals surface area contributed by atoms with Crippen molar-refractivity contribution in [3.63, 3.8) is 0 Å². The van der Waals surface area contributed by atoms with Gasteiger partial charge in [0.25, 0.3) is 0 Å². The number of carbonyl (C=O) groups excluding carboxylic acids is 3. The van der Waals surface area contributed by atoms with Crippen LogP contribution in [0, 0.1) is 0 Å². The van der Waals surface area contributed by atoms with Crippen molar-refractivity contribution < 1.29 is 37.5 Å². The number of rotatable bonds is 12. The van der Waals surface area contributed by atoms with Gasteiger partial charge in [-0.2, -0.15) is 13.2 Å². The minimum atomic E-state index is -4.62. The van der Waals surface area contributed by atoms with Crippen molar-refractivity contribution in [3.05, 3.63) is 77.1 Å². The molecule has 43 heavy (non-hydrogen) atoms. The van der Waals surface area contributed by atoms with E-state index in [1.54, 1.807) is 48.1 Å². The molecule has 0 unspecified atom stereocenters. The van der Waals surface area contributed by atoms with Crippen LogP contribution in [0.5, 0.6) is 11.5 Å². The molecule has 0 bridgehead atoms. The van der Waals surface area contributed by atoms with Crippen LogP contribution < -0.4 is 26.2 Å². The lowest BCUT2D eigenvalue weighted by Gasteiger charge is -2.12. The molecule has 5 N–H and O–H groups in total. The Balaban J connectivity index is 0.000000653. The third kappa shape index (κ3) is 15.7. The fraction of sp³-hybridized carbons (Fsp3) is 0.310. The van der Waals surface area contributed by atoms with Crippen LogP contribution in [0.15, 0.2) is 60.8 Å². The number of nitrogens with zero attached hydrogens (tertiary/aromatic N) is 1. The van der Waals surface area contributed by atoms with Crippen LogP contribution in [0.2, 0.25) is 5.02 Å². The number of halogens is 4. The molecule has 2 aromatic carbocycles. The number of anilines is 2. The van der Waals surface area contributed by atoms with Crippen LogP contribution in [0.4, 0.5) is 29.3 Å². The standard InChI is InChI=1S/C21H18ClF3N4O2.C7H12O2.CH5NO/c1-26-12-15-10-17(8-9-27-15)31-16-5-2-13(3-6-16)28-20(30)29-14-4-7-19(22)18(11-14)21(23,24)25;8-6-4-2-1-3-5-7-9;1-2-3/h2-11,26H,12H2,1H3,(H2,28,29,30);6-7H,1-5H2;2-3H,1H3. The molecule has 0 saturated heterocycles. The Kier molecular flexibility index (Phi) is 17.9. The average molecular weight is 626 g/mol. The number of hydroxylamine groups is 1. The van der Waals surface area contributed by atoms with E-state index in [9.17, 15) is 27.6 Å². The van der Waals surface area contributed by atoms with E-state index >= 15 is 0 Å². The molecule has 14 heteroatoms. The summed E-state index contributed by atoms with van der Waals surface area (Å²) in [6, 6.07) is 12.5. The first-order valence-electron chi connectivity index (χ1n) is 13.1. The Hall–Kier alpha value is -4.04. The first-order valence-corrected chi connectivity index (χ1v) is 13.5. The molecule has 0 spiro atoms. The SMILES string of the molecule is CNCc1cc(Oc2ccc(NC(=O)Nc3ccc(Cl)c(C(F)(F)F)c3)cc2)ccn1.CNO.O=CCCCCCC=O. The number of unbranched alkanes of at least 4 members (excludes halogenated alkanes) is 4. The van der Waals surface area contributed by atoms with Crippen LogP contribution in [0.25, 0.3) is 0 Å². The number of urea groups is 1. The summed E-state index contributed by atoms with van der Waals surface area (Å²) in [6.07, 6.45) is 2.98. The number of aromatic nitrogens is 1. The van der Waals surface area contributed by atoms with Crippen LogP contribution in [0.1, 0.15) is 43.4 Å². The van der Waals surface area contributed by atoms with Crippen LogP contribution in [-0.4, -0.2) is 42.9 Å². The molecule has 0 fully saturated rings. The van der Waals surface area contributed by atoms with Gasteiger partial charge < -0.3 is 35.5 Å². The minimum Gasteiger partial charge on any atom is -0.457 e. The molecule has 234 valence electrons. The summed E-state index contributed by atoms with van der Waals surface area (Å²) in [4.78, 5) is 35.9. The second-order valence-electron chi connectivity index (χ2n) is 8.61. The first-order chi connectivity index (χ1) is 20.6. The van der Waals surface area contributed by atoms with Crippen molar-refractivity contribution >= 4 is 41.6 Å². The van der Waals surface area contributed by atoms with Gasteiger partial charge in [0.05, 0.1) is 16.3 Å². The van der Waals surface area contributed by atoms with E-state index in [1.807, 2.05) is 7.05 Å². The lowest BCUT2D eigenvalue weighted by molar-refractivity contribution is -0.137. The maximum absolute atomic E-state index is 12.9. The maximum atomic E-state index is 12.9. The summed E-state index contributed by atoms with van der Waals surface area (Å²) in [6.45, 7) is 0.604. The molecule has 0 aliphatic carbocycles. The second kappa shape index (κ2) is 20.8. The molecule has 10 nitrogen and oxygen atoms in total. The Morgan fingerprint density at radius 3 is 2.05 bits per heavy atom. The molecule has 3 aromatic rings. The molecule has 3 rings (SSSR count). The number of ether oxygens (including phenoxy) is 1. The van der Waals surface area contributed by atoms with Crippen molar-refractivity contribution in [2.75, 3.05) is 24.7 Å². The van der Waals surface area contributed by atoms with Gasteiger partial charge in [0.1, 0.15) is 24.1 Å². The third-order valence-corrected chi connectivity index (χ3v) is 5.50. The van der Waals surface area contributed by atoms with Crippen LogP contribution >= 0.6 is 11.6 Å². The fourth-order valence-corrected chi connectivity index (χ4v) is 3.51. The highest BCUT2D eigenvalue weighted by Crippen LogP contribution is 2.36. The number of nitrogens with one attached hydrogen (secondary N) is 4. The molecule has 0 aliphatic rings. The highest BCUT2D eigenvalue weighted by Gasteiger charge is 2.33. The summed E-state index contributed by atoms with van der Waals surface area (Å²) >= 11 is 5.58. The summed E-state index contributed by atoms with van der Waals surface area (Å²) in [5, 5.41) is 14.8. The van der Waals surface area contributed by atoms with Gasteiger partial charge in [-0.1, -0.05) is 18.0 Å². The number of hydrogen-bond donors (Lipinski definition) is 5. The predicted octanol–water partition coefficient (Wildman–Crippen LogP) is 6.84. The smallest absolute Gasteiger partial charge is 0.417 e. The molecule has 0 saturated carbocycles. The number of hydrogen-bond acceptors (Lipinski definition) is 8. The predicted molar refractivity (Wildman–Crippen MR) is 159 cm³/mol. The zero-order chi connectivity index (χ0) is 32.1. The minimum absolute atomic E-state index is 0.0377. The number of aldehydes is 2. The average Bonchev–Trinajstić information content (AvgIpc) is 2.96. The summed E-state index contributed by atoms with van der Waals surface area (Å²) in [7, 11) is 3.25. The van der Waals surface area contributed by atoms with E-state index in [1.165, 1.54) is 13.1 Å². The number of alkyl halides is 3. The van der Waals surface area contributed by atoms with Gasteiger partial charge in [0, 0.05) is 50.1 Å². The topological polar surface area (TPSA) is 142 Å². The molecule has 0 atom stereocenters. The lowest BCUT2D eigenvalue weighted by atomic mass is 10.2. The zero-order valence-corrected chi connectivity index (χ0v) is 24.5. The molecular weight excluding hydrogens is 591 g/mol. The molecule has 1 aromatic heterocycles. The van der Waals surface area contributed by atoms with E-state index in [0.717, 1.165) is 49.7 Å². The Morgan fingerprint density at radius 1 is 0.907 bits per heavy atom. The number of pyridine rings is 1. The monoisotopic (exact) mass is 625 g/mol. The van der Waals surface area contributed by atoms with Gasteiger partial charge in [-0.3, -0.25) is 4.98 Å². The van der Waals surface area contributed by atoms with Gasteiger partial charge >= 0.3 is 12.2 Å². The van der Waals surface area contributed by atoms with Crippen molar-refractivity contribution in [1.29, 1.82) is 0 Å². The highest BCUT2D eigenvalue weighted by atomic mass is 35.5. The molecule has 2 amide bonds. The summed E-state index contributed by atoms with van der Waals surface area (Å²) < 4.78 is 44.6. The Morgan fingerprint density at radius 2 is 1.49 bits per heavy atom. The maximum Gasteiger partial charge on any atom is 0.417 e. The van der Waals surface area contributed by atoms with Gasteiger partial charge in [-0.05, 0) is 68.4 Å². The molecular formula is C29H35ClF3N5O5. The quantitative estimate of drug-likeness (QED) is 0.0837. The summed E-state index contributed by atoms with van der Waals surface area (Å²) in [5.74, 6) is 1.15. The fourth-order valence-electron chi connectivity index (χ4n) is 3.29. The number of carbonyl (C=O) groups is 3. The molecule has 0 radical (unpaired) electrons. The largest absolute Gasteiger partial charge is 0.457 e. The van der Waals surface area contributed by atoms with Crippen LogP contribution in [0.3, 0.4) is 0 Å². The van der Waals surface area contributed by atoms with Gasteiger partial charge in [-0.15, -0.1) is 0 Å². The van der Waals surface area contributed by atoms with Gasteiger partial charge in [0.2, 0.25) is 0 Å². The number of benzene rings is 2. The zero-order valence-electron chi connectivity index (χ0n) is 23.7. The van der Waals surface area contributed by atoms with E-state index in [2.05, 4.69) is 20.9 Å². The van der Waals surface area contributed by atoms with Crippen molar-refractivity contribution in [2.45, 2.75) is 44.8 Å². The highest BCUT2D eigenvalue weighted by molar-refractivity contribution is 6.31. The first kappa shape index (κ1) is 37.0. The van der Waals surface area contributed by atoms with Gasteiger partial charge in [-0.25, -0.2) is 10.3 Å². The van der Waals surface area contributed by atoms with E-state index < -0.39 is 22.8 Å². The molecule has 1 heterocycles. The van der Waals surface area contributed by atoms with Crippen LogP contribution in [-0.2, 0) is 22.3 Å². The van der Waals surface area contributed by atoms with Crippen molar-refractivity contribution in [3.8, 4) is 11.5 Å². The van der Waals surface area contributed by atoms with Gasteiger partial charge in [0.15, 0.2) is 0 Å². The van der Waals surface area contributed by atoms with Crippen molar-refractivity contribution in [1.82, 2.24) is 15.8 Å². The van der Waals surface area contributed by atoms with E-state index in [0.29, 0.717) is 36.6 Å². The van der Waals surface area contributed by atoms with Crippen molar-refractivity contribution in [2.24, 2.45) is 0 Å². The lowest BCUT2D eigenvalue weighted by Crippen LogP contribution is -2.19. The second-order valence-corrected chi connectivity index (χ2v) is 9.01. The van der Waals surface area contributed by atoms with E-state index in [-0.39, 0.29) is 5.69 Å². The Bertz CT molecular complexity index is 1250. The third-order valence-electron chi connectivity index (χ3n) is 5.17. The number of amides is 2.